The van der Waals surface area contributed by atoms with Gasteiger partial charge in [0.1, 0.15) is 11.9 Å². The third kappa shape index (κ3) is 4.13. The SMILES string of the molecule is C#C[C@@]1(CO)O[C@H](c2ccc(OC)cc2)O[C@@H]1CO[Si](C)(C)C(C)(C)C. The van der Waals surface area contributed by atoms with Crippen LogP contribution in [-0.2, 0) is 13.9 Å². The van der Waals surface area contributed by atoms with E-state index in [4.69, 9.17) is 25.1 Å². The Morgan fingerprint density at radius 1 is 1.27 bits per heavy atom. The summed E-state index contributed by atoms with van der Waals surface area (Å²) in [4.78, 5) is 0. The maximum Gasteiger partial charge on any atom is 0.192 e. The standard InChI is InChI=1S/C20H30O5Si/c1-8-20(14-21)17(13-23-26(6,7)19(2,3)4)24-18(25-20)15-9-11-16(22-5)12-10-15/h1,9-12,17-18,21H,13-14H2,2-7H3/t17-,18-,20+/m1/s1. The molecule has 0 saturated carbocycles. The first kappa shape index (κ1) is 20.9. The van der Waals surface area contributed by atoms with Crippen LogP contribution >= 0.6 is 0 Å². The molecular weight excluding hydrogens is 348 g/mol. The van der Waals surface area contributed by atoms with Gasteiger partial charge in [-0.05, 0) is 30.3 Å². The molecule has 3 atom stereocenters. The fourth-order valence-corrected chi connectivity index (χ4v) is 3.45. The van der Waals surface area contributed by atoms with Gasteiger partial charge in [-0.3, -0.25) is 0 Å². The van der Waals surface area contributed by atoms with E-state index in [1.54, 1.807) is 7.11 Å². The van der Waals surface area contributed by atoms with Crippen molar-refractivity contribution in [3.05, 3.63) is 29.8 Å². The van der Waals surface area contributed by atoms with Crippen LogP contribution < -0.4 is 4.74 Å². The number of hydrogen-bond acceptors (Lipinski definition) is 5. The highest BCUT2D eigenvalue weighted by molar-refractivity contribution is 6.74. The molecule has 0 spiro atoms. The zero-order valence-electron chi connectivity index (χ0n) is 16.5. The second-order valence-corrected chi connectivity index (χ2v) is 12.9. The molecule has 1 aliphatic heterocycles. The molecule has 6 heteroatoms. The maximum absolute atomic E-state index is 9.91. The van der Waals surface area contributed by atoms with E-state index in [0.29, 0.717) is 0 Å². The molecule has 26 heavy (non-hydrogen) atoms. The molecule has 0 amide bonds. The predicted molar refractivity (Wildman–Crippen MR) is 103 cm³/mol. The van der Waals surface area contributed by atoms with Gasteiger partial charge in [0.25, 0.3) is 0 Å². The Morgan fingerprint density at radius 3 is 2.35 bits per heavy atom. The molecule has 2 rings (SSSR count). The Labute approximate surface area is 157 Å². The van der Waals surface area contributed by atoms with E-state index in [9.17, 15) is 5.11 Å². The van der Waals surface area contributed by atoms with Gasteiger partial charge in [0.05, 0.1) is 20.3 Å². The van der Waals surface area contributed by atoms with Crippen molar-refractivity contribution in [1.29, 1.82) is 0 Å². The Hall–Kier alpha value is -1.36. The average Bonchev–Trinajstić information content (AvgIpc) is 2.98. The summed E-state index contributed by atoms with van der Waals surface area (Å²) in [5.41, 5.74) is -0.402. The van der Waals surface area contributed by atoms with Gasteiger partial charge in [-0.2, -0.15) is 0 Å². The fraction of sp³-hybridized carbons (Fsp3) is 0.600. The van der Waals surface area contributed by atoms with E-state index in [2.05, 4.69) is 39.8 Å². The van der Waals surface area contributed by atoms with E-state index >= 15 is 0 Å². The number of ether oxygens (including phenoxy) is 3. The number of aliphatic hydroxyl groups excluding tert-OH is 1. The van der Waals surface area contributed by atoms with Crippen LogP contribution in [-0.4, -0.2) is 45.5 Å². The topological polar surface area (TPSA) is 57.2 Å². The second kappa shape index (κ2) is 7.71. The number of benzene rings is 1. The van der Waals surface area contributed by atoms with Crippen LogP contribution in [0.1, 0.15) is 32.6 Å². The minimum absolute atomic E-state index is 0.0693. The van der Waals surface area contributed by atoms with Gasteiger partial charge in [-0.25, -0.2) is 0 Å². The Kier molecular flexibility index (Phi) is 6.21. The molecule has 1 aliphatic rings. The minimum Gasteiger partial charge on any atom is -0.497 e. The van der Waals surface area contributed by atoms with Gasteiger partial charge in [-0.1, -0.05) is 38.8 Å². The summed E-state index contributed by atoms with van der Waals surface area (Å²) in [6.07, 6.45) is 4.50. The zero-order valence-corrected chi connectivity index (χ0v) is 17.5. The highest BCUT2D eigenvalue weighted by Gasteiger charge is 2.50. The first-order valence-corrected chi connectivity index (χ1v) is 11.7. The van der Waals surface area contributed by atoms with Crippen molar-refractivity contribution in [2.24, 2.45) is 0 Å². The maximum atomic E-state index is 9.91. The molecular formula is C20H30O5Si. The second-order valence-electron chi connectivity index (χ2n) is 8.11. The summed E-state index contributed by atoms with van der Waals surface area (Å²) in [5, 5.41) is 9.98. The molecule has 1 fully saturated rings. The summed E-state index contributed by atoms with van der Waals surface area (Å²) in [7, 11) is -0.364. The number of terminal acetylenes is 1. The molecule has 1 saturated heterocycles. The lowest BCUT2D eigenvalue weighted by Gasteiger charge is -2.37. The third-order valence-corrected chi connectivity index (χ3v) is 9.89. The van der Waals surface area contributed by atoms with E-state index in [1.165, 1.54) is 0 Å². The van der Waals surface area contributed by atoms with Gasteiger partial charge < -0.3 is 23.7 Å². The van der Waals surface area contributed by atoms with Crippen LogP contribution in [0.3, 0.4) is 0 Å². The van der Waals surface area contributed by atoms with Crippen molar-refractivity contribution in [3.63, 3.8) is 0 Å². The molecule has 144 valence electrons. The van der Waals surface area contributed by atoms with Crippen LogP contribution in [0.25, 0.3) is 0 Å². The van der Waals surface area contributed by atoms with Crippen molar-refractivity contribution in [3.8, 4) is 18.1 Å². The smallest absolute Gasteiger partial charge is 0.192 e. The molecule has 0 aliphatic carbocycles. The average molecular weight is 379 g/mol. The van der Waals surface area contributed by atoms with Crippen molar-refractivity contribution in [2.75, 3.05) is 20.3 Å². The van der Waals surface area contributed by atoms with Crippen LogP contribution in [0, 0.1) is 12.3 Å². The van der Waals surface area contributed by atoms with Gasteiger partial charge in [0, 0.05) is 5.56 Å². The third-order valence-electron chi connectivity index (χ3n) is 5.39. The molecule has 5 nitrogen and oxygen atoms in total. The van der Waals surface area contributed by atoms with E-state index < -0.39 is 26.3 Å². The summed E-state index contributed by atoms with van der Waals surface area (Å²) in [6, 6.07) is 7.38. The van der Waals surface area contributed by atoms with E-state index in [1.807, 2.05) is 24.3 Å². The van der Waals surface area contributed by atoms with Crippen LogP contribution in [0.4, 0.5) is 0 Å². The van der Waals surface area contributed by atoms with Gasteiger partial charge in [0.2, 0.25) is 0 Å². The van der Waals surface area contributed by atoms with Crippen molar-refractivity contribution >= 4 is 8.32 Å². The highest BCUT2D eigenvalue weighted by Crippen LogP contribution is 2.41. The molecule has 0 radical (unpaired) electrons. The van der Waals surface area contributed by atoms with Crippen molar-refractivity contribution in [1.82, 2.24) is 0 Å². The number of hydrogen-bond donors (Lipinski definition) is 1. The fourth-order valence-electron chi connectivity index (χ4n) is 2.45. The largest absolute Gasteiger partial charge is 0.497 e. The molecule has 0 unspecified atom stereocenters. The first-order chi connectivity index (χ1) is 12.1. The number of aliphatic hydroxyl groups is 1. The molecule has 1 N–H and O–H groups in total. The first-order valence-electron chi connectivity index (χ1n) is 8.78. The van der Waals surface area contributed by atoms with Gasteiger partial charge in [0.15, 0.2) is 20.2 Å². The van der Waals surface area contributed by atoms with Crippen LogP contribution in [0.15, 0.2) is 24.3 Å². The Balaban J connectivity index is 2.18. The summed E-state index contributed by atoms with van der Waals surface area (Å²) in [5.74, 6) is 3.33. The van der Waals surface area contributed by atoms with Crippen molar-refractivity contribution in [2.45, 2.75) is 56.9 Å². The van der Waals surface area contributed by atoms with Crippen molar-refractivity contribution < 1.29 is 23.7 Å². The normalized spacial score (nSPS) is 26.5. The molecule has 0 bridgehead atoms. The highest BCUT2D eigenvalue weighted by atomic mass is 28.4. The molecule has 0 aromatic heterocycles. The van der Waals surface area contributed by atoms with Gasteiger partial charge >= 0.3 is 0 Å². The Morgan fingerprint density at radius 2 is 1.88 bits per heavy atom. The lowest BCUT2D eigenvalue weighted by Crippen LogP contribution is -2.49. The predicted octanol–water partition coefficient (Wildman–Crippen LogP) is 3.50. The van der Waals surface area contributed by atoms with E-state index in [-0.39, 0.29) is 18.3 Å². The zero-order chi connectivity index (χ0) is 19.6. The summed E-state index contributed by atoms with van der Waals surface area (Å²) < 4.78 is 23.5. The minimum atomic E-state index is -1.98. The Bertz CT molecular complexity index is 644. The van der Waals surface area contributed by atoms with Crippen LogP contribution in [0.5, 0.6) is 5.75 Å². The van der Waals surface area contributed by atoms with E-state index in [0.717, 1.165) is 11.3 Å². The number of rotatable bonds is 6. The lowest BCUT2D eigenvalue weighted by molar-refractivity contribution is -0.0890. The summed E-state index contributed by atoms with van der Waals surface area (Å²) in [6.45, 7) is 10.8. The van der Waals surface area contributed by atoms with Crippen LogP contribution in [0.2, 0.25) is 18.1 Å². The number of methoxy groups -OCH3 is 1. The molecule has 1 heterocycles. The lowest BCUT2D eigenvalue weighted by atomic mass is 10.00. The quantitative estimate of drug-likeness (QED) is 0.606. The van der Waals surface area contributed by atoms with Gasteiger partial charge in [-0.15, -0.1) is 6.42 Å². The molecule has 1 aromatic carbocycles. The monoisotopic (exact) mass is 378 g/mol. The molecule has 1 aromatic rings. The summed E-state index contributed by atoms with van der Waals surface area (Å²) >= 11 is 0.